The molecule has 0 atom stereocenters. The van der Waals surface area contributed by atoms with E-state index in [2.05, 4.69) is 11.6 Å². The van der Waals surface area contributed by atoms with Crippen molar-refractivity contribution >= 4 is 6.08 Å². The van der Waals surface area contributed by atoms with E-state index >= 15 is 0 Å². The predicted molar refractivity (Wildman–Crippen MR) is 90.5 cm³/mol. The maximum absolute atomic E-state index is 13.6. The van der Waals surface area contributed by atoms with Crippen molar-refractivity contribution in [1.82, 2.24) is 4.98 Å². The SMILES string of the molecule is C=Cc1cc(F)cc(-c2ccc(OCc3ccccc3)nc2)c1. The largest absolute Gasteiger partial charge is 0.473 e. The molecule has 0 aliphatic heterocycles. The minimum Gasteiger partial charge on any atom is -0.473 e. The first-order valence-corrected chi connectivity index (χ1v) is 7.31. The van der Waals surface area contributed by atoms with Gasteiger partial charge in [-0.15, -0.1) is 0 Å². The molecule has 0 radical (unpaired) electrons. The van der Waals surface area contributed by atoms with Crippen LogP contribution in [-0.4, -0.2) is 4.98 Å². The van der Waals surface area contributed by atoms with Gasteiger partial charge in [-0.3, -0.25) is 0 Å². The molecule has 0 saturated heterocycles. The van der Waals surface area contributed by atoms with Crippen LogP contribution in [0.1, 0.15) is 11.1 Å². The Hall–Kier alpha value is -2.94. The van der Waals surface area contributed by atoms with Gasteiger partial charge in [0.15, 0.2) is 0 Å². The summed E-state index contributed by atoms with van der Waals surface area (Å²) in [5.74, 6) is 0.250. The monoisotopic (exact) mass is 305 g/mol. The molecule has 2 aromatic carbocycles. The number of aromatic nitrogens is 1. The molecule has 0 fully saturated rings. The van der Waals surface area contributed by atoms with E-state index in [9.17, 15) is 4.39 Å². The van der Waals surface area contributed by atoms with E-state index < -0.39 is 0 Å². The molecule has 114 valence electrons. The van der Waals surface area contributed by atoms with Crippen LogP contribution in [0.3, 0.4) is 0 Å². The number of pyridine rings is 1. The topological polar surface area (TPSA) is 22.1 Å². The van der Waals surface area contributed by atoms with Crippen molar-refractivity contribution in [2.24, 2.45) is 0 Å². The minimum absolute atomic E-state index is 0.290. The highest BCUT2D eigenvalue weighted by Gasteiger charge is 2.04. The van der Waals surface area contributed by atoms with Crippen LogP contribution in [0.5, 0.6) is 5.88 Å². The number of hydrogen-bond acceptors (Lipinski definition) is 2. The van der Waals surface area contributed by atoms with E-state index in [1.54, 1.807) is 18.3 Å². The van der Waals surface area contributed by atoms with Crippen molar-refractivity contribution in [3.05, 3.63) is 90.4 Å². The summed E-state index contributed by atoms with van der Waals surface area (Å²) in [5.41, 5.74) is 3.42. The highest BCUT2D eigenvalue weighted by atomic mass is 19.1. The maximum atomic E-state index is 13.6. The van der Waals surface area contributed by atoms with Gasteiger partial charge < -0.3 is 4.74 Å². The van der Waals surface area contributed by atoms with E-state index in [1.807, 2.05) is 42.5 Å². The van der Waals surface area contributed by atoms with Crippen LogP contribution in [-0.2, 0) is 6.61 Å². The van der Waals surface area contributed by atoms with Gasteiger partial charge in [0.05, 0.1) is 0 Å². The molecule has 0 N–H and O–H groups in total. The molecule has 0 saturated carbocycles. The smallest absolute Gasteiger partial charge is 0.213 e. The van der Waals surface area contributed by atoms with Gasteiger partial charge in [-0.1, -0.05) is 43.0 Å². The van der Waals surface area contributed by atoms with Gasteiger partial charge in [0.2, 0.25) is 5.88 Å². The maximum Gasteiger partial charge on any atom is 0.213 e. The van der Waals surface area contributed by atoms with Crippen LogP contribution >= 0.6 is 0 Å². The fraction of sp³-hybridized carbons (Fsp3) is 0.0500. The molecule has 0 aliphatic carbocycles. The summed E-state index contributed by atoms with van der Waals surface area (Å²) in [6, 6.07) is 18.4. The van der Waals surface area contributed by atoms with Gasteiger partial charge in [0, 0.05) is 17.8 Å². The van der Waals surface area contributed by atoms with E-state index in [-0.39, 0.29) is 5.82 Å². The summed E-state index contributed by atoms with van der Waals surface area (Å²) in [7, 11) is 0. The Kier molecular flexibility index (Phi) is 4.48. The zero-order valence-corrected chi connectivity index (χ0v) is 12.6. The normalized spacial score (nSPS) is 10.3. The van der Waals surface area contributed by atoms with Gasteiger partial charge in [0.1, 0.15) is 12.4 Å². The van der Waals surface area contributed by atoms with E-state index in [0.717, 1.165) is 22.3 Å². The van der Waals surface area contributed by atoms with Crippen LogP contribution in [0.4, 0.5) is 4.39 Å². The molecular weight excluding hydrogens is 289 g/mol. The number of nitrogens with zero attached hydrogens (tertiary/aromatic N) is 1. The molecule has 1 aromatic heterocycles. The van der Waals surface area contributed by atoms with E-state index in [0.29, 0.717) is 12.5 Å². The second-order valence-corrected chi connectivity index (χ2v) is 5.14. The third-order valence-electron chi connectivity index (χ3n) is 3.46. The first-order valence-electron chi connectivity index (χ1n) is 7.31. The Balaban J connectivity index is 1.74. The number of ether oxygens (including phenoxy) is 1. The molecule has 3 rings (SSSR count). The van der Waals surface area contributed by atoms with Crippen LogP contribution in [0.2, 0.25) is 0 Å². The lowest BCUT2D eigenvalue weighted by Gasteiger charge is -2.07. The number of halogens is 1. The van der Waals surface area contributed by atoms with Crippen molar-refractivity contribution in [3.63, 3.8) is 0 Å². The third-order valence-corrected chi connectivity index (χ3v) is 3.46. The lowest BCUT2D eigenvalue weighted by atomic mass is 10.0. The Morgan fingerprint density at radius 2 is 1.83 bits per heavy atom. The van der Waals surface area contributed by atoms with Gasteiger partial charge in [-0.05, 0) is 41.0 Å². The Labute approximate surface area is 134 Å². The second-order valence-electron chi connectivity index (χ2n) is 5.14. The first kappa shape index (κ1) is 15.0. The van der Waals surface area contributed by atoms with Crippen molar-refractivity contribution in [2.45, 2.75) is 6.61 Å². The van der Waals surface area contributed by atoms with Crippen LogP contribution < -0.4 is 4.74 Å². The number of hydrogen-bond donors (Lipinski definition) is 0. The molecular formula is C20H16FNO. The molecule has 3 heteroatoms. The van der Waals surface area contributed by atoms with Crippen molar-refractivity contribution < 1.29 is 9.13 Å². The summed E-state index contributed by atoms with van der Waals surface area (Å²) in [5, 5.41) is 0. The van der Waals surface area contributed by atoms with Crippen molar-refractivity contribution in [2.75, 3.05) is 0 Å². The van der Waals surface area contributed by atoms with Gasteiger partial charge in [0.25, 0.3) is 0 Å². The van der Waals surface area contributed by atoms with Gasteiger partial charge >= 0.3 is 0 Å². The lowest BCUT2D eigenvalue weighted by Crippen LogP contribution is -1.96. The van der Waals surface area contributed by atoms with Crippen molar-refractivity contribution in [1.29, 1.82) is 0 Å². The molecule has 1 heterocycles. The minimum atomic E-state index is -0.290. The molecule has 23 heavy (non-hydrogen) atoms. The first-order chi connectivity index (χ1) is 11.2. The Morgan fingerprint density at radius 3 is 2.52 bits per heavy atom. The molecule has 0 bridgehead atoms. The zero-order chi connectivity index (χ0) is 16.1. The van der Waals surface area contributed by atoms with Crippen LogP contribution in [0.15, 0.2) is 73.4 Å². The third kappa shape index (κ3) is 3.83. The van der Waals surface area contributed by atoms with E-state index in [1.165, 1.54) is 12.1 Å². The predicted octanol–water partition coefficient (Wildman–Crippen LogP) is 5.11. The molecule has 3 aromatic rings. The standard InChI is InChI=1S/C20H16FNO/c1-2-15-10-18(12-19(21)11-15)17-8-9-20(22-13-17)23-14-16-6-4-3-5-7-16/h2-13H,1,14H2. The summed E-state index contributed by atoms with van der Waals surface area (Å²) in [6.45, 7) is 4.14. The molecule has 0 spiro atoms. The Morgan fingerprint density at radius 1 is 1.00 bits per heavy atom. The fourth-order valence-electron chi connectivity index (χ4n) is 2.26. The lowest BCUT2D eigenvalue weighted by molar-refractivity contribution is 0.294. The average Bonchev–Trinajstić information content (AvgIpc) is 2.60. The summed E-state index contributed by atoms with van der Waals surface area (Å²) in [6.07, 6.45) is 3.30. The van der Waals surface area contributed by atoms with Gasteiger partial charge in [-0.25, -0.2) is 9.37 Å². The highest BCUT2D eigenvalue weighted by molar-refractivity contribution is 5.66. The Bertz CT molecular complexity index is 798. The van der Waals surface area contributed by atoms with Crippen LogP contribution in [0.25, 0.3) is 17.2 Å². The highest BCUT2D eigenvalue weighted by Crippen LogP contribution is 2.23. The van der Waals surface area contributed by atoms with Crippen molar-refractivity contribution in [3.8, 4) is 17.0 Å². The molecule has 0 amide bonds. The van der Waals surface area contributed by atoms with E-state index in [4.69, 9.17) is 4.74 Å². The fourth-order valence-corrected chi connectivity index (χ4v) is 2.26. The summed E-state index contributed by atoms with van der Waals surface area (Å²) >= 11 is 0. The molecule has 0 aliphatic rings. The summed E-state index contributed by atoms with van der Waals surface area (Å²) < 4.78 is 19.2. The molecule has 0 unspecified atom stereocenters. The van der Waals surface area contributed by atoms with Crippen LogP contribution in [0, 0.1) is 5.82 Å². The second kappa shape index (κ2) is 6.88. The number of benzene rings is 2. The quantitative estimate of drug-likeness (QED) is 0.653. The molecule has 2 nitrogen and oxygen atoms in total. The summed E-state index contributed by atoms with van der Waals surface area (Å²) in [4.78, 5) is 4.28. The average molecular weight is 305 g/mol. The number of rotatable bonds is 5. The zero-order valence-electron chi connectivity index (χ0n) is 12.6. The van der Waals surface area contributed by atoms with Gasteiger partial charge in [-0.2, -0.15) is 0 Å².